The second kappa shape index (κ2) is 4.33. The van der Waals surface area contributed by atoms with Gasteiger partial charge in [0, 0.05) is 18.9 Å². The van der Waals surface area contributed by atoms with Crippen LogP contribution in [-0.2, 0) is 9.59 Å². The van der Waals surface area contributed by atoms with Crippen molar-refractivity contribution >= 4 is 11.8 Å². The molecule has 1 aliphatic heterocycles. The van der Waals surface area contributed by atoms with Crippen molar-refractivity contribution in [3.63, 3.8) is 0 Å². The number of nitrogens with zero attached hydrogens (tertiary/aromatic N) is 1. The van der Waals surface area contributed by atoms with E-state index in [1.54, 1.807) is 0 Å². The van der Waals surface area contributed by atoms with Crippen LogP contribution in [0.2, 0.25) is 0 Å². The van der Waals surface area contributed by atoms with Crippen LogP contribution in [0.1, 0.15) is 47.0 Å². The van der Waals surface area contributed by atoms with Crippen LogP contribution in [0.4, 0.5) is 0 Å². The smallest absolute Gasteiger partial charge is 0.232 e. The van der Waals surface area contributed by atoms with Gasteiger partial charge in [-0.25, -0.2) is 0 Å². The third-order valence-electron chi connectivity index (χ3n) is 2.92. The van der Waals surface area contributed by atoms with E-state index in [4.69, 9.17) is 0 Å². The van der Waals surface area contributed by atoms with Crippen molar-refractivity contribution in [1.82, 2.24) is 4.90 Å². The average Bonchev–Trinajstić information content (AvgIpc) is 2.37. The van der Waals surface area contributed by atoms with Crippen molar-refractivity contribution in [1.29, 1.82) is 0 Å². The second-order valence-electron chi connectivity index (χ2n) is 5.50. The summed E-state index contributed by atoms with van der Waals surface area (Å²) in [6.45, 7) is 8.90. The van der Waals surface area contributed by atoms with E-state index in [1.165, 1.54) is 4.90 Å². The minimum Gasteiger partial charge on any atom is -0.282 e. The number of hydrogen-bond acceptors (Lipinski definition) is 2. The maximum atomic E-state index is 11.8. The molecule has 0 aromatic rings. The van der Waals surface area contributed by atoms with E-state index in [2.05, 4.69) is 20.8 Å². The Labute approximate surface area is 91.8 Å². The second-order valence-corrected chi connectivity index (χ2v) is 5.50. The number of amides is 2. The number of carbonyl (C=O) groups is 2. The molecule has 1 saturated heterocycles. The largest absolute Gasteiger partial charge is 0.282 e. The topological polar surface area (TPSA) is 37.4 Å². The van der Waals surface area contributed by atoms with Crippen LogP contribution in [0.3, 0.4) is 0 Å². The minimum atomic E-state index is -0.0579. The summed E-state index contributed by atoms with van der Waals surface area (Å²) < 4.78 is 0. The highest BCUT2D eigenvalue weighted by Gasteiger charge is 2.37. The van der Waals surface area contributed by atoms with Crippen LogP contribution in [0.25, 0.3) is 0 Å². The van der Waals surface area contributed by atoms with Gasteiger partial charge in [-0.1, -0.05) is 27.7 Å². The Bertz CT molecular complexity index is 265. The summed E-state index contributed by atoms with van der Waals surface area (Å²) in [5, 5.41) is 0. The minimum absolute atomic E-state index is 0.0103. The first-order valence-corrected chi connectivity index (χ1v) is 5.69. The number of imide groups is 1. The Morgan fingerprint density at radius 2 is 1.93 bits per heavy atom. The molecule has 0 aromatic carbocycles. The predicted molar refractivity (Wildman–Crippen MR) is 59.2 cm³/mol. The van der Waals surface area contributed by atoms with E-state index in [1.807, 2.05) is 6.92 Å². The Kier molecular flexibility index (Phi) is 3.53. The van der Waals surface area contributed by atoms with Crippen molar-refractivity contribution in [2.24, 2.45) is 11.3 Å². The molecule has 0 bridgehead atoms. The fourth-order valence-corrected chi connectivity index (χ4v) is 1.75. The van der Waals surface area contributed by atoms with E-state index in [-0.39, 0.29) is 23.1 Å². The first kappa shape index (κ1) is 12.2. The molecule has 0 spiro atoms. The molecule has 86 valence electrons. The number of hydrogen-bond donors (Lipinski definition) is 0. The van der Waals surface area contributed by atoms with Crippen molar-refractivity contribution in [2.75, 3.05) is 6.54 Å². The van der Waals surface area contributed by atoms with E-state index in [9.17, 15) is 9.59 Å². The van der Waals surface area contributed by atoms with Crippen LogP contribution in [-0.4, -0.2) is 23.3 Å². The monoisotopic (exact) mass is 211 g/mol. The molecule has 15 heavy (non-hydrogen) atoms. The van der Waals surface area contributed by atoms with E-state index in [0.717, 1.165) is 12.8 Å². The highest BCUT2D eigenvalue weighted by atomic mass is 16.2. The zero-order valence-electron chi connectivity index (χ0n) is 10.2. The van der Waals surface area contributed by atoms with Gasteiger partial charge < -0.3 is 0 Å². The van der Waals surface area contributed by atoms with Crippen molar-refractivity contribution < 1.29 is 9.59 Å². The van der Waals surface area contributed by atoms with Gasteiger partial charge in [-0.2, -0.15) is 0 Å². The summed E-state index contributed by atoms with van der Waals surface area (Å²) >= 11 is 0. The quantitative estimate of drug-likeness (QED) is 0.671. The van der Waals surface area contributed by atoms with Gasteiger partial charge >= 0.3 is 0 Å². The molecule has 1 fully saturated rings. The fraction of sp³-hybridized carbons (Fsp3) is 0.833. The molecule has 1 aliphatic rings. The molecular formula is C12H21NO2. The zero-order chi connectivity index (χ0) is 11.6. The van der Waals surface area contributed by atoms with Crippen molar-refractivity contribution in [3.8, 4) is 0 Å². The fourth-order valence-electron chi connectivity index (χ4n) is 1.75. The molecule has 0 aliphatic carbocycles. The van der Waals surface area contributed by atoms with Gasteiger partial charge in [0.25, 0.3) is 0 Å². The normalized spacial score (nSPS) is 22.7. The van der Waals surface area contributed by atoms with Gasteiger partial charge in [0.15, 0.2) is 0 Å². The van der Waals surface area contributed by atoms with Crippen molar-refractivity contribution in [2.45, 2.75) is 47.0 Å². The first-order chi connectivity index (χ1) is 6.85. The van der Waals surface area contributed by atoms with Crippen LogP contribution in [0.15, 0.2) is 0 Å². The average molecular weight is 211 g/mol. The van der Waals surface area contributed by atoms with Gasteiger partial charge in [-0.05, 0) is 18.3 Å². The third-order valence-corrected chi connectivity index (χ3v) is 2.92. The van der Waals surface area contributed by atoms with Crippen LogP contribution < -0.4 is 0 Å². The Balaban J connectivity index is 2.56. The summed E-state index contributed by atoms with van der Waals surface area (Å²) in [6, 6.07) is 0. The lowest BCUT2D eigenvalue weighted by atomic mass is 9.92. The number of rotatable bonds is 3. The molecule has 3 heteroatoms. The van der Waals surface area contributed by atoms with Gasteiger partial charge in [-0.3, -0.25) is 14.5 Å². The molecule has 1 atom stereocenters. The standard InChI is InChI=1S/C12H21NO2/c1-5-9-8-10(14)13(11(9)15)7-6-12(2,3)4/h9H,5-8H2,1-4H3. The molecule has 0 N–H and O–H groups in total. The summed E-state index contributed by atoms with van der Waals surface area (Å²) in [4.78, 5) is 24.8. The third kappa shape index (κ3) is 3.05. The zero-order valence-corrected chi connectivity index (χ0v) is 10.2. The first-order valence-electron chi connectivity index (χ1n) is 5.69. The van der Waals surface area contributed by atoms with Crippen molar-refractivity contribution in [3.05, 3.63) is 0 Å². The maximum absolute atomic E-state index is 11.8. The van der Waals surface area contributed by atoms with E-state index < -0.39 is 0 Å². The lowest BCUT2D eigenvalue weighted by molar-refractivity contribution is -0.139. The summed E-state index contributed by atoms with van der Waals surface area (Å²) in [5.41, 5.74) is 0.171. The highest BCUT2D eigenvalue weighted by molar-refractivity contribution is 6.03. The summed E-state index contributed by atoms with van der Waals surface area (Å²) in [6.07, 6.45) is 2.07. The van der Waals surface area contributed by atoms with Gasteiger partial charge in [0.2, 0.25) is 11.8 Å². The van der Waals surface area contributed by atoms with Crippen LogP contribution >= 0.6 is 0 Å². The van der Waals surface area contributed by atoms with Crippen LogP contribution in [0.5, 0.6) is 0 Å². The number of likely N-dealkylation sites (tertiary alicyclic amines) is 1. The Morgan fingerprint density at radius 1 is 1.33 bits per heavy atom. The molecule has 1 heterocycles. The SMILES string of the molecule is CCC1CC(=O)N(CCC(C)(C)C)C1=O. The summed E-state index contributed by atoms with van der Waals surface area (Å²) in [7, 11) is 0. The molecular weight excluding hydrogens is 190 g/mol. The molecule has 2 amide bonds. The van der Waals surface area contributed by atoms with Gasteiger partial charge in [0.05, 0.1) is 0 Å². The molecule has 1 rings (SSSR count). The lowest BCUT2D eigenvalue weighted by Gasteiger charge is -2.22. The molecule has 0 aromatic heterocycles. The van der Waals surface area contributed by atoms with E-state index in [0.29, 0.717) is 13.0 Å². The van der Waals surface area contributed by atoms with Gasteiger partial charge in [0.1, 0.15) is 0 Å². The molecule has 1 unspecified atom stereocenters. The van der Waals surface area contributed by atoms with Gasteiger partial charge in [-0.15, -0.1) is 0 Å². The highest BCUT2D eigenvalue weighted by Crippen LogP contribution is 2.25. The Morgan fingerprint density at radius 3 is 2.33 bits per heavy atom. The van der Waals surface area contributed by atoms with E-state index >= 15 is 0 Å². The Hall–Kier alpha value is -0.860. The molecule has 0 saturated carbocycles. The predicted octanol–water partition coefficient (Wildman–Crippen LogP) is 2.21. The summed E-state index contributed by atoms with van der Waals surface area (Å²) in [5.74, 6) is -0.0136. The molecule has 3 nitrogen and oxygen atoms in total. The maximum Gasteiger partial charge on any atom is 0.232 e. The molecule has 0 radical (unpaired) electrons. The lowest BCUT2D eigenvalue weighted by Crippen LogP contribution is -2.33. The van der Waals surface area contributed by atoms with Crippen LogP contribution in [0, 0.1) is 11.3 Å². The number of carbonyl (C=O) groups excluding carboxylic acids is 2.